The minimum atomic E-state index is -0.605. The van der Waals surface area contributed by atoms with E-state index in [1.54, 1.807) is 24.3 Å². The largest absolute Gasteiger partial charge is 0.467 e. The Labute approximate surface area is 123 Å². The maximum absolute atomic E-state index is 12.5. The summed E-state index contributed by atoms with van der Waals surface area (Å²) < 4.78 is 5.24. The first kappa shape index (κ1) is 14.3. The highest BCUT2D eigenvalue weighted by Gasteiger charge is 2.26. The highest BCUT2D eigenvalue weighted by molar-refractivity contribution is 7.80. The second kappa shape index (κ2) is 6.34. The van der Waals surface area contributed by atoms with Gasteiger partial charge < -0.3 is 15.1 Å². The Morgan fingerprint density at radius 2 is 2.00 bits per heavy atom. The Bertz CT molecular complexity index is 581. The molecular weight excluding hydrogens is 272 g/mol. The van der Waals surface area contributed by atoms with Gasteiger partial charge in [-0.1, -0.05) is 42.5 Å². The maximum atomic E-state index is 12.5. The molecule has 0 bridgehead atoms. The van der Waals surface area contributed by atoms with Crippen molar-refractivity contribution in [2.24, 2.45) is 5.73 Å². The lowest BCUT2D eigenvalue weighted by molar-refractivity contribution is -0.130. The zero-order valence-corrected chi connectivity index (χ0v) is 12.0. The molecule has 20 heavy (non-hydrogen) atoms. The van der Waals surface area contributed by atoms with Gasteiger partial charge >= 0.3 is 0 Å². The first-order valence-corrected chi connectivity index (χ1v) is 6.62. The zero-order valence-electron chi connectivity index (χ0n) is 11.2. The minimum absolute atomic E-state index is 0.139. The van der Waals surface area contributed by atoms with Gasteiger partial charge in [-0.2, -0.15) is 0 Å². The lowest BCUT2D eigenvalue weighted by Crippen LogP contribution is -2.37. The van der Waals surface area contributed by atoms with Crippen molar-refractivity contribution in [2.75, 3.05) is 7.05 Å². The van der Waals surface area contributed by atoms with Crippen LogP contribution in [0, 0.1) is 0 Å². The SMILES string of the molecule is CN(Cc1ccco1)C(=O)C(C(N)=S)c1ccccc1. The average molecular weight is 288 g/mol. The van der Waals surface area contributed by atoms with E-state index in [4.69, 9.17) is 22.4 Å². The van der Waals surface area contributed by atoms with Crippen LogP contribution in [0.1, 0.15) is 17.2 Å². The molecule has 0 saturated carbocycles. The number of carbonyl (C=O) groups excluding carboxylic acids is 1. The lowest BCUT2D eigenvalue weighted by Gasteiger charge is -2.22. The monoisotopic (exact) mass is 288 g/mol. The van der Waals surface area contributed by atoms with Crippen LogP contribution in [0.2, 0.25) is 0 Å². The fourth-order valence-electron chi connectivity index (χ4n) is 2.01. The van der Waals surface area contributed by atoms with Gasteiger partial charge in [-0.3, -0.25) is 4.79 Å². The summed E-state index contributed by atoms with van der Waals surface area (Å²) >= 11 is 5.05. The van der Waals surface area contributed by atoms with Crippen LogP contribution in [-0.4, -0.2) is 22.8 Å². The van der Waals surface area contributed by atoms with Gasteiger partial charge in [-0.25, -0.2) is 0 Å². The minimum Gasteiger partial charge on any atom is -0.467 e. The molecule has 1 unspecified atom stereocenters. The summed E-state index contributed by atoms with van der Waals surface area (Å²) in [6, 6.07) is 12.9. The van der Waals surface area contributed by atoms with E-state index in [9.17, 15) is 4.79 Å². The number of furan rings is 1. The summed E-state index contributed by atoms with van der Waals surface area (Å²) in [4.78, 5) is 14.3. The molecule has 0 aliphatic carbocycles. The number of hydrogen-bond acceptors (Lipinski definition) is 3. The normalized spacial score (nSPS) is 11.8. The van der Waals surface area contributed by atoms with Crippen LogP contribution in [0.25, 0.3) is 0 Å². The number of nitrogens with two attached hydrogens (primary N) is 1. The smallest absolute Gasteiger partial charge is 0.237 e. The molecule has 2 aromatic rings. The summed E-state index contributed by atoms with van der Waals surface area (Å²) in [5.74, 6) is -0.0261. The van der Waals surface area contributed by atoms with Crippen molar-refractivity contribution >= 4 is 23.1 Å². The number of benzene rings is 1. The maximum Gasteiger partial charge on any atom is 0.237 e. The van der Waals surface area contributed by atoms with Crippen molar-refractivity contribution in [3.63, 3.8) is 0 Å². The molecule has 0 saturated heterocycles. The number of likely N-dealkylation sites (N-methyl/N-ethyl adjacent to an activating group) is 1. The van der Waals surface area contributed by atoms with Gasteiger partial charge in [-0.15, -0.1) is 0 Å². The third-order valence-corrected chi connectivity index (χ3v) is 3.25. The van der Waals surface area contributed by atoms with Crippen molar-refractivity contribution in [2.45, 2.75) is 12.5 Å². The zero-order chi connectivity index (χ0) is 14.5. The number of rotatable bonds is 5. The van der Waals surface area contributed by atoms with Gasteiger partial charge in [0, 0.05) is 7.05 Å². The number of nitrogens with zero attached hydrogens (tertiary/aromatic N) is 1. The average Bonchev–Trinajstić information content (AvgIpc) is 2.92. The molecule has 2 rings (SSSR count). The van der Waals surface area contributed by atoms with Crippen LogP contribution in [0.4, 0.5) is 0 Å². The lowest BCUT2D eigenvalue weighted by atomic mass is 9.97. The van der Waals surface area contributed by atoms with Gasteiger partial charge in [-0.05, 0) is 17.7 Å². The first-order valence-electron chi connectivity index (χ1n) is 6.21. The Morgan fingerprint density at radius 1 is 1.30 bits per heavy atom. The molecule has 1 heterocycles. The van der Waals surface area contributed by atoms with E-state index >= 15 is 0 Å². The molecule has 4 nitrogen and oxygen atoms in total. The van der Waals surface area contributed by atoms with Gasteiger partial charge in [0.05, 0.1) is 17.8 Å². The molecule has 1 amide bonds. The standard InChI is InChI=1S/C15H16N2O2S/c1-17(10-12-8-5-9-19-12)15(18)13(14(16)20)11-6-3-2-4-7-11/h2-9,13H,10H2,1H3,(H2,16,20). The quantitative estimate of drug-likeness (QED) is 0.858. The highest BCUT2D eigenvalue weighted by atomic mass is 32.1. The Hall–Kier alpha value is -2.14. The fraction of sp³-hybridized carbons (Fsp3) is 0.200. The van der Waals surface area contributed by atoms with Crippen molar-refractivity contribution in [3.8, 4) is 0 Å². The Balaban J connectivity index is 2.17. The van der Waals surface area contributed by atoms with Crippen molar-refractivity contribution in [3.05, 3.63) is 60.1 Å². The van der Waals surface area contributed by atoms with E-state index < -0.39 is 5.92 Å². The van der Waals surface area contributed by atoms with Gasteiger partial charge in [0.25, 0.3) is 0 Å². The predicted octanol–water partition coefficient (Wildman–Crippen LogP) is 2.31. The number of carbonyl (C=O) groups is 1. The molecule has 1 aromatic carbocycles. The second-order valence-electron chi connectivity index (χ2n) is 4.52. The van der Waals surface area contributed by atoms with Crippen LogP contribution in [0.15, 0.2) is 53.1 Å². The number of amides is 1. The number of hydrogen-bond donors (Lipinski definition) is 1. The molecule has 0 fully saturated rings. The second-order valence-corrected chi connectivity index (χ2v) is 4.99. The van der Waals surface area contributed by atoms with Gasteiger partial charge in [0.15, 0.2) is 0 Å². The molecule has 0 radical (unpaired) electrons. The molecule has 0 spiro atoms. The Morgan fingerprint density at radius 3 is 2.55 bits per heavy atom. The topological polar surface area (TPSA) is 59.5 Å². The fourth-order valence-corrected chi connectivity index (χ4v) is 2.25. The van der Waals surface area contributed by atoms with Crippen LogP contribution in [-0.2, 0) is 11.3 Å². The van der Waals surface area contributed by atoms with E-state index in [0.717, 1.165) is 11.3 Å². The highest BCUT2D eigenvalue weighted by Crippen LogP contribution is 2.19. The number of thiocarbonyl (C=S) groups is 1. The summed E-state index contributed by atoms with van der Waals surface area (Å²) in [6.45, 7) is 0.387. The summed E-state index contributed by atoms with van der Waals surface area (Å²) in [6.07, 6.45) is 1.58. The molecule has 5 heteroatoms. The van der Waals surface area contributed by atoms with E-state index in [2.05, 4.69) is 0 Å². The van der Waals surface area contributed by atoms with Crippen molar-refractivity contribution < 1.29 is 9.21 Å². The molecule has 0 aliphatic heterocycles. The van der Waals surface area contributed by atoms with E-state index in [-0.39, 0.29) is 10.9 Å². The van der Waals surface area contributed by atoms with E-state index in [1.165, 1.54) is 0 Å². The van der Waals surface area contributed by atoms with Crippen LogP contribution in [0.5, 0.6) is 0 Å². The first-order chi connectivity index (χ1) is 9.59. The van der Waals surface area contributed by atoms with Gasteiger partial charge in [0.2, 0.25) is 5.91 Å². The summed E-state index contributed by atoms with van der Waals surface area (Å²) in [7, 11) is 1.71. The Kier molecular flexibility index (Phi) is 4.53. The van der Waals surface area contributed by atoms with E-state index in [0.29, 0.717) is 6.54 Å². The summed E-state index contributed by atoms with van der Waals surface area (Å²) in [5.41, 5.74) is 6.54. The molecular formula is C15H16N2O2S. The molecule has 104 valence electrons. The molecule has 1 atom stereocenters. The van der Waals surface area contributed by atoms with E-state index in [1.807, 2.05) is 36.4 Å². The van der Waals surface area contributed by atoms with Crippen molar-refractivity contribution in [1.82, 2.24) is 4.90 Å². The third-order valence-electron chi connectivity index (χ3n) is 3.01. The van der Waals surface area contributed by atoms with Crippen molar-refractivity contribution in [1.29, 1.82) is 0 Å². The molecule has 0 aliphatic rings. The van der Waals surface area contributed by atoms with Crippen LogP contribution >= 0.6 is 12.2 Å². The third kappa shape index (κ3) is 3.24. The van der Waals surface area contributed by atoms with Crippen LogP contribution < -0.4 is 5.73 Å². The molecule has 2 N–H and O–H groups in total. The summed E-state index contributed by atoms with van der Waals surface area (Å²) in [5, 5.41) is 0. The van der Waals surface area contributed by atoms with Crippen LogP contribution in [0.3, 0.4) is 0 Å². The van der Waals surface area contributed by atoms with Gasteiger partial charge in [0.1, 0.15) is 11.7 Å². The molecule has 1 aromatic heterocycles. The predicted molar refractivity (Wildman–Crippen MR) is 81.2 cm³/mol.